The zero-order chi connectivity index (χ0) is 18.9. The summed E-state index contributed by atoms with van der Waals surface area (Å²) in [6, 6.07) is 0. The van der Waals surface area contributed by atoms with Crippen molar-refractivity contribution in [2.24, 2.45) is 0 Å². The van der Waals surface area contributed by atoms with Crippen molar-refractivity contribution in [1.29, 1.82) is 0 Å². The summed E-state index contributed by atoms with van der Waals surface area (Å²) in [5.74, 6) is -0.165. The van der Waals surface area contributed by atoms with Crippen molar-refractivity contribution >= 4 is 31.2 Å². The highest BCUT2D eigenvalue weighted by Gasteiger charge is 2.43. The van der Waals surface area contributed by atoms with Crippen LogP contribution in [0.5, 0.6) is 0 Å². The standard InChI is InChI=1S/C16H25N2O5PS/c1-9(19)7-10-8-18(16(25)17-14(10)22)15-13(21)12(20)11(23-15)5-6-24(2,3)4/h8,11-13,15,20-21H,2,5-7H2,1,3-4H3,(H,17,22,25)/t11-,12-,13-,15-/m1/s1. The molecule has 0 radical (unpaired) electrons. The van der Waals surface area contributed by atoms with E-state index in [2.05, 4.69) is 24.6 Å². The molecule has 2 rings (SSSR count). The number of ether oxygens (including phenoxy) is 1. The van der Waals surface area contributed by atoms with Crippen LogP contribution in [0.3, 0.4) is 0 Å². The summed E-state index contributed by atoms with van der Waals surface area (Å²) < 4.78 is 7.29. The van der Waals surface area contributed by atoms with Crippen LogP contribution in [0, 0.1) is 4.77 Å². The minimum Gasteiger partial charge on any atom is -0.388 e. The van der Waals surface area contributed by atoms with Crippen molar-refractivity contribution < 1.29 is 19.7 Å². The second-order valence-corrected chi connectivity index (χ2v) is 11.9. The second kappa shape index (κ2) is 7.68. The maximum Gasteiger partial charge on any atom is 0.255 e. The molecule has 0 amide bonds. The average molecular weight is 388 g/mol. The van der Waals surface area contributed by atoms with Crippen molar-refractivity contribution in [1.82, 2.24) is 9.55 Å². The number of hydrogen-bond acceptors (Lipinski definition) is 6. The monoisotopic (exact) mass is 388 g/mol. The molecule has 1 fully saturated rings. The molecule has 1 aliphatic heterocycles. The number of nitrogens with one attached hydrogen (secondary N) is 1. The Morgan fingerprint density at radius 3 is 2.64 bits per heavy atom. The highest BCUT2D eigenvalue weighted by atomic mass is 32.1. The van der Waals surface area contributed by atoms with Crippen LogP contribution in [-0.2, 0) is 16.0 Å². The average Bonchev–Trinajstić information content (AvgIpc) is 2.75. The van der Waals surface area contributed by atoms with Gasteiger partial charge in [0, 0.05) is 18.2 Å². The van der Waals surface area contributed by atoms with Crippen molar-refractivity contribution in [3.8, 4) is 0 Å². The molecule has 0 bridgehead atoms. The maximum absolute atomic E-state index is 11.9. The Morgan fingerprint density at radius 1 is 1.44 bits per heavy atom. The summed E-state index contributed by atoms with van der Waals surface area (Å²) in [6.45, 7) is 4.29. The van der Waals surface area contributed by atoms with Gasteiger partial charge >= 0.3 is 0 Å². The molecule has 0 aliphatic carbocycles. The van der Waals surface area contributed by atoms with E-state index in [9.17, 15) is 19.8 Å². The van der Waals surface area contributed by atoms with Gasteiger partial charge in [0.1, 0.15) is 18.0 Å². The number of aliphatic hydroxyl groups excluding tert-OH is 2. The number of aromatic nitrogens is 2. The summed E-state index contributed by atoms with van der Waals surface area (Å²) in [7, 11) is 0. The number of hydrogen-bond donors (Lipinski definition) is 3. The van der Waals surface area contributed by atoms with Crippen molar-refractivity contribution in [2.75, 3.05) is 19.5 Å². The van der Waals surface area contributed by atoms with Gasteiger partial charge in [-0.15, -0.1) is 13.2 Å². The SMILES string of the molecule is C=P(C)(C)CC[C@H]1O[C@@H](n2cc(CC(C)=O)c(=O)[nH]c2=S)[C@H](O)[C@@H]1O. The van der Waals surface area contributed by atoms with E-state index in [1.807, 2.05) is 0 Å². The predicted octanol–water partition coefficient (Wildman–Crippen LogP) is 0.756. The summed E-state index contributed by atoms with van der Waals surface area (Å²) in [4.78, 5) is 25.7. The number of carbonyl (C=O) groups excluding carboxylic acids is 1. The Kier molecular flexibility index (Phi) is 6.22. The Labute approximate surface area is 151 Å². The van der Waals surface area contributed by atoms with Crippen LogP contribution in [0.15, 0.2) is 11.0 Å². The smallest absolute Gasteiger partial charge is 0.255 e. The van der Waals surface area contributed by atoms with Gasteiger partial charge in [0.15, 0.2) is 11.0 Å². The molecule has 3 N–H and O–H groups in total. The van der Waals surface area contributed by atoms with Crippen LogP contribution in [0.4, 0.5) is 0 Å². The summed E-state index contributed by atoms with van der Waals surface area (Å²) >= 11 is 5.15. The van der Waals surface area contributed by atoms with E-state index in [-0.39, 0.29) is 22.5 Å². The lowest BCUT2D eigenvalue weighted by atomic mass is 10.1. The van der Waals surface area contributed by atoms with Gasteiger partial charge in [-0.25, -0.2) is 0 Å². The second-order valence-electron chi connectivity index (χ2n) is 7.19. The predicted molar refractivity (Wildman–Crippen MR) is 102 cm³/mol. The lowest BCUT2D eigenvalue weighted by Crippen LogP contribution is -2.32. The first-order chi connectivity index (χ1) is 11.5. The maximum atomic E-state index is 11.9. The minimum atomic E-state index is -1.28. The topological polar surface area (TPSA) is 105 Å². The third-order valence-electron chi connectivity index (χ3n) is 4.11. The minimum absolute atomic E-state index is 0.0417. The van der Waals surface area contributed by atoms with Crippen LogP contribution >= 0.6 is 19.1 Å². The summed E-state index contributed by atoms with van der Waals surface area (Å²) in [5.41, 5.74) is -0.204. The van der Waals surface area contributed by atoms with Crippen LogP contribution in [0.2, 0.25) is 0 Å². The van der Waals surface area contributed by atoms with Gasteiger partial charge in [0.25, 0.3) is 5.56 Å². The normalized spacial score (nSPS) is 26.8. The lowest BCUT2D eigenvalue weighted by Gasteiger charge is -2.19. The first-order valence-corrected chi connectivity index (χ1v) is 11.5. The molecule has 1 saturated heterocycles. The third-order valence-corrected chi connectivity index (χ3v) is 5.89. The summed E-state index contributed by atoms with van der Waals surface area (Å²) in [5, 5.41) is 20.7. The fraction of sp³-hybridized carbons (Fsp3) is 0.625. The van der Waals surface area contributed by atoms with Gasteiger partial charge in [-0.1, -0.05) is 0 Å². The number of aliphatic hydroxyl groups is 2. The van der Waals surface area contributed by atoms with Crippen molar-refractivity contribution in [2.45, 2.75) is 44.3 Å². The number of H-pyrrole nitrogens is 1. The van der Waals surface area contributed by atoms with Gasteiger partial charge in [-0.3, -0.25) is 19.1 Å². The molecule has 7 nitrogen and oxygen atoms in total. The van der Waals surface area contributed by atoms with Gasteiger partial charge in [-0.05, 0) is 45.1 Å². The number of rotatable bonds is 6. The molecule has 1 aromatic rings. The fourth-order valence-corrected chi connectivity index (χ4v) is 3.99. The zero-order valence-corrected chi connectivity index (χ0v) is 16.3. The number of ketones is 1. The Hall–Kier alpha value is -1.05. The molecular formula is C16H25N2O5PS. The van der Waals surface area contributed by atoms with E-state index < -0.39 is 37.0 Å². The van der Waals surface area contributed by atoms with Gasteiger partial charge in [-0.2, -0.15) is 0 Å². The van der Waals surface area contributed by atoms with Crippen LogP contribution in [0.1, 0.15) is 25.1 Å². The van der Waals surface area contributed by atoms with E-state index in [0.717, 1.165) is 6.16 Å². The molecule has 1 aliphatic rings. The van der Waals surface area contributed by atoms with E-state index in [4.69, 9.17) is 17.0 Å². The molecule has 0 aromatic carbocycles. The molecule has 0 unspecified atom stereocenters. The van der Waals surface area contributed by atoms with Crippen LogP contribution in [0.25, 0.3) is 0 Å². The van der Waals surface area contributed by atoms with E-state index in [1.165, 1.54) is 17.7 Å². The Bertz CT molecular complexity index is 811. The van der Waals surface area contributed by atoms with Crippen LogP contribution < -0.4 is 5.56 Å². The molecule has 25 heavy (non-hydrogen) atoms. The fourth-order valence-electron chi connectivity index (χ4n) is 2.78. The van der Waals surface area contributed by atoms with Gasteiger partial charge < -0.3 is 14.9 Å². The lowest BCUT2D eigenvalue weighted by molar-refractivity contribution is -0.116. The zero-order valence-electron chi connectivity index (χ0n) is 14.6. The Morgan fingerprint density at radius 2 is 2.08 bits per heavy atom. The highest BCUT2D eigenvalue weighted by Crippen LogP contribution is 2.39. The molecule has 0 saturated carbocycles. The van der Waals surface area contributed by atoms with Crippen molar-refractivity contribution in [3.05, 3.63) is 26.9 Å². The van der Waals surface area contributed by atoms with E-state index in [0.29, 0.717) is 6.42 Å². The first-order valence-electron chi connectivity index (χ1n) is 8.02. The molecule has 2 heterocycles. The van der Waals surface area contributed by atoms with E-state index >= 15 is 0 Å². The largest absolute Gasteiger partial charge is 0.388 e. The number of aromatic amines is 1. The molecule has 0 spiro atoms. The van der Waals surface area contributed by atoms with Gasteiger partial charge in [0.2, 0.25) is 0 Å². The molecule has 1 aromatic heterocycles. The number of nitrogens with zero attached hydrogens (tertiary/aromatic N) is 1. The molecular weight excluding hydrogens is 363 g/mol. The summed E-state index contributed by atoms with van der Waals surface area (Å²) in [6.07, 6.45) is 3.22. The van der Waals surface area contributed by atoms with E-state index in [1.54, 1.807) is 0 Å². The number of Topliss-reactive ketones (excluding diaryl/α,β-unsaturated/α-hetero) is 1. The van der Waals surface area contributed by atoms with Crippen LogP contribution in [-0.4, -0.2) is 69.7 Å². The van der Waals surface area contributed by atoms with Crippen molar-refractivity contribution in [3.63, 3.8) is 0 Å². The molecule has 140 valence electrons. The first kappa shape index (κ1) is 20.3. The number of carbonyl (C=O) groups is 1. The molecule has 9 heteroatoms. The molecule has 4 atom stereocenters. The highest BCUT2D eigenvalue weighted by molar-refractivity contribution is 7.72. The van der Waals surface area contributed by atoms with Gasteiger partial charge in [0.05, 0.1) is 6.10 Å². The Balaban J connectivity index is 2.29. The third kappa shape index (κ3) is 4.99. The quantitative estimate of drug-likeness (QED) is 0.491.